The van der Waals surface area contributed by atoms with E-state index < -0.39 is 15.8 Å². The van der Waals surface area contributed by atoms with Gasteiger partial charge in [-0.25, -0.2) is 0 Å². The number of benzene rings is 4. The van der Waals surface area contributed by atoms with E-state index >= 15 is 0 Å². The smallest absolute Gasteiger partial charge is 0.0195 e. The number of hydrogen-bond donors (Lipinski definition) is 0. The van der Waals surface area contributed by atoms with Crippen molar-refractivity contribution in [3.05, 3.63) is 119 Å². The monoisotopic (exact) mass is 622 g/mol. The van der Waals surface area contributed by atoms with Gasteiger partial charge in [0, 0.05) is 0 Å². The van der Waals surface area contributed by atoms with Crippen LogP contribution in [0.3, 0.4) is 0 Å². The zero-order valence-corrected chi connectivity index (χ0v) is 29.8. The lowest BCUT2D eigenvalue weighted by atomic mass is 10.1. The van der Waals surface area contributed by atoms with Crippen molar-refractivity contribution in [1.29, 1.82) is 0 Å². The van der Waals surface area contributed by atoms with E-state index in [1.165, 1.54) is 133 Å². The van der Waals surface area contributed by atoms with Crippen molar-refractivity contribution in [2.24, 2.45) is 0 Å². The maximum atomic E-state index is 2.45. The first-order valence-corrected chi connectivity index (χ1v) is 20.6. The van der Waals surface area contributed by atoms with E-state index in [-0.39, 0.29) is 0 Å². The number of aryl methyl sites for hydroxylation is 4. The van der Waals surface area contributed by atoms with Gasteiger partial charge in [0.2, 0.25) is 0 Å². The topological polar surface area (TPSA) is 0 Å². The molecule has 234 valence electrons. The Labute approximate surface area is 272 Å². The Morgan fingerprint density at radius 2 is 0.523 bits per heavy atom. The molecule has 0 saturated carbocycles. The first-order valence-electron chi connectivity index (χ1n) is 17.6. The molecule has 0 bridgehead atoms. The summed E-state index contributed by atoms with van der Waals surface area (Å²) in [5.41, 5.74) is 5.92. The van der Waals surface area contributed by atoms with E-state index in [4.69, 9.17) is 0 Å². The van der Waals surface area contributed by atoms with Gasteiger partial charge in [-0.2, -0.15) is 0 Å². The summed E-state index contributed by atoms with van der Waals surface area (Å²) < 4.78 is 0. The van der Waals surface area contributed by atoms with Gasteiger partial charge in [-0.15, -0.1) is 0 Å². The number of unbranched alkanes of at least 4 members (excludes halogenated alkanes) is 4. The molecule has 0 unspecified atom stereocenters. The quantitative estimate of drug-likeness (QED) is 0.0913. The second-order valence-electron chi connectivity index (χ2n) is 12.4. The van der Waals surface area contributed by atoms with Gasteiger partial charge in [0.25, 0.3) is 0 Å². The molecule has 4 aromatic carbocycles. The third-order valence-corrected chi connectivity index (χ3v) is 14.2. The summed E-state index contributed by atoms with van der Waals surface area (Å²) in [4.78, 5) is 0. The van der Waals surface area contributed by atoms with E-state index in [9.17, 15) is 0 Å². The van der Waals surface area contributed by atoms with E-state index in [0.29, 0.717) is 0 Å². The molecule has 0 nitrogen and oxygen atoms in total. The summed E-state index contributed by atoms with van der Waals surface area (Å²) in [6.07, 6.45) is 17.3. The third-order valence-electron chi connectivity index (χ3n) is 8.82. The Bertz CT molecular complexity index is 1110. The van der Waals surface area contributed by atoms with E-state index in [0.717, 1.165) is 0 Å². The fourth-order valence-corrected chi connectivity index (χ4v) is 11.2. The summed E-state index contributed by atoms with van der Waals surface area (Å²) in [5.74, 6) is 0. The van der Waals surface area contributed by atoms with Crippen LogP contribution in [0, 0.1) is 0 Å². The van der Waals surface area contributed by atoms with E-state index in [2.05, 4.69) is 125 Å². The molecule has 0 aromatic heterocycles. The molecule has 4 aromatic rings. The Morgan fingerprint density at radius 3 is 0.705 bits per heavy atom. The second kappa shape index (κ2) is 19.3. The molecule has 0 heterocycles. The van der Waals surface area contributed by atoms with Crippen LogP contribution in [0.1, 0.15) is 101 Å². The van der Waals surface area contributed by atoms with E-state index in [1.807, 2.05) is 0 Å². The van der Waals surface area contributed by atoms with Crippen molar-refractivity contribution in [3.63, 3.8) is 0 Å². The predicted molar refractivity (Wildman–Crippen MR) is 202 cm³/mol. The second-order valence-corrected chi connectivity index (χ2v) is 17.1. The molecule has 0 aliphatic carbocycles. The lowest BCUT2D eigenvalue weighted by molar-refractivity contribution is 0.795. The zero-order valence-electron chi connectivity index (χ0n) is 28.0. The van der Waals surface area contributed by atoms with Crippen LogP contribution in [0.4, 0.5) is 0 Å². The minimum Gasteiger partial charge on any atom is -0.0654 e. The summed E-state index contributed by atoms with van der Waals surface area (Å²) in [5, 5.41) is 6.12. The van der Waals surface area contributed by atoms with Gasteiger partial charge in [0.05, 0.1) is 0 Å². The molecular weight excluding hydrogens is 566 g/mol. The largest absolute Gasteiger partial charge is 0.0654 e. The first-order chi connectivity index (χ1) is 21.6. The SMILES string of the molecule is CCCCc1ccc(P(CCP(c2ccc(CCCC)cc2)c2ccc(CCCC)cc2)c2ccc(CCCC)cc2)cc1. The van der Waals surface area contributed by atoms with E-state index in [1.54, 1.807) is 0 Å². The molecule has 0 saturated heterocycles. The summed E-state index contributed by atoms with van der Waals surface area (Å²) in [6.45, 7) is 9.14. The fourth-order valence-electron chi connectivity index (χ4n) is 5.91. The zero-order chi connectivity index (χ0) is 31.0. The van der Waals surface area contributed by atoms with Crippen LogP contribution in [0.5, 0.6) is 0 Å². The van der Waals surface area contributed by atoms with Gasteiger partial charge in [-0.1, -0.05) is 150 Å². The lowest BCUT2D eigenvalue weighted by Gasteiger charge is -2.25. The van der Waals surface area contributed by atoms with Crippen LogP contribution in [0.25, 0.3) is 0 Å². The number of hydrogen-bond acceptors (Lipinski definition) is 0. The van der Waals surface area contributed by atoms with Crippen molar-refractivity contribution in [1.82, 2.24) is 0 Å². The normalized spacial score (nSPS) is 11.5. The first kappa shape index (κ1) is 34.6. The summed E-state index contributed by atoms with van der Waals surface area (Å²) >= 11 is 0. The third kappa shape index (κ3) is 10.7. The van der Waals surface area contributed by atoms with Gasteiger partial charge < -0.3 is 0 Å². The Hall–Kier alpha value is -2.26. The minimum absolute atomic E-state index is 0.427. The maximum absolute atomic E-state index is 2.45. The predicted octanol–water partition coefficient (Wildman–Crippen LogP) is 10.6. The van der Waals surface area contributed by atoms with Crippen molar-refractivity contribution in [2.75, 3.05) is 12.3 Å². The summed E-state index contributed by atoms with van der Waals surface area (Å²) in [7, 11) is -0.854. The van der Waals surface area contributed by atoms with Gasteiger partial charge >= 0.3 is 0 Å². The highest BCUT2D eigenvalue weighted by Crippen LogP contribution is 2.41. The van der Waals surface area contributed by atoms with Crippen molar-refractivity contribution in [2.45, 2.75) is 105 Å². The van der Waals surface area contributed by atoms with Crippen molar-refractivity contribution >= 4 is 37.1 Å². The number of rotatable bonds is 19. The van der Waals surface area contributed by atoms with Crippen molar-refractivity contribution < 1.29 is 0 Å². The molecule has 0 fully saturated rings. The maximum Gasteiger partial charge on any atom is -0.0195 e. The van der Waals surface area contributed by atoms with Gasteiger partial charge in [-0.05, 0) is 123 Å². The molecule has 0 aliphatic heterocycles. The minimum atomic E-state index is -0.427. The molecule has 0 aliphatic rings. The standard InChI is InChI=1S/C42H56P2/c1-5-9-13-35-17-25-39(26-18-35)43(40-27-19-36(20-28-40)14-10-6-2)33-34-44(41-29-21-37(22-30-41)15-11-7-3)42-31-23-38(24-32-42)16-12-8-4/h17-32H,5-16,33-34H2,1-4H3. The molecule has 44 heavy (non-hydrogen) atoms. The van der Waals surface area contributed by atoms with Gasteiger partial charge in [0.1, 0.15) is 0 Å². The average Bonchev–Trinajstić information content (AvgIpc) is 3.08. The Kier molecular flexibility index (Phi) is 15.2. The van der Waals surface area contributed by atoms with Gasteiger partial charge in [0.15, 0.2) is 0 Å². The average molecular weight is 623 g/mol. The Morgan fingerprint density at radius 1 is 0.318 bits per heavy atom. The highest BCUT2D eigenvalue weighted by molar-refractivity contribution is 7.76. The lowest BCUT2D eigenvalue weighted by Crippen LogP contribution is -2.20. The highest BCUT2D eigenvalue weighted by atomic mass is 31.1. The van der Waals surface area contributed by atoms with Gasteiger partial charge in [-0.3, -0.25) is 0 Å². The molecule has 2 heteroatoms. The molecule has 4 rings (SSSR count). The molecular formula is C42H56P2. The van der Waals surface area contributed by atoms with Crippen LogP contribution >= 0.6 is 15.8 Å². The van der Waals surface area contributed by atoms with Crippen LogP contribution < -0.4 is 21.2 Å². The highest BCUT2D eigenvalue weighted by Gasteiger charge is 2.20. The fraction of sp³-hybridized carbons (Fsp3) is 0.429. The molecule has 0 spiro atoms. The summed E-state index contributed by atoms with van der Waals surface area (Å²) in [6, 6.07) is 38.9. The van der Waals surface area contributed by atoms with Crippen LogP contribution in [-0.4, -0.2) is 12.3 Å². The van der Waals surface area contributed by atoms with Crippen LogP contribution in [-0.2, 0) is 25.7 Å². The van der Waals surface area contributed by atoms with Crippen molar-refractivity contribution in [3.8, 4) is 0 Å². The van der Waals surface area contributed by atoms with Crippen LogP contribution in [0.15, 0.2) is 97.1 Å². The molecule has 0 atom stereocenters. The Balaban J connectivity index is 1.62. The molecule has 0 radical (unpaired) electrons. The molecule has 0 amide bonds. The van der Waals surface area contributed by atoms with Crippen LogP contribution in [0.2, 0.25) is 0 Å². The molecule has 0 N–H and O–H groups in total.